The Bertz CT molecular complexity index is 1830. The van der Waals surface area contributed by atoms with E-state index >= 15 is 0 Å². The van der Waals surface area contributed by atoms with Gasteiger partial charge in [-0.2, -0.15) is 10.2 Å². The molecule has 41 heavy (non-hydrogen) atoms. The Labute approximate surface area is 231 Å². The lowest BCUT2D eigenvalue weighted by Gasteiger charge is -2.18. The average Bonchev–Trinajstić information content (AvgIpc) is 3.53. The van der Waals surface area contributed by atoms with E-state index in [1.165, 1.54) is 18.2 Å². The third-order valence-electron chi connectivity index (χ3n) is 6.91. The lowest BCUT2D eigenvalue weighted by atomic mass is 10.0. The Morgan fingerprint density at radius 1 is 1.02 bits per heavy atom. The van der Waals surface area contributed by atoms with Crippen LogP contribution >= 0.6 is 0 Å². The summed E-state index contributed by atoms with van der Waals surface area (Å²) >= 11 is 0. The molecule has 12 heteroatoms. The van der Waals surface area contributed by atoms with Gasteiger partial charge in [-0.15, -0.1) is 13.2 Å². The molecule has 0 saturated carbocycles. The second-order valence-corrected chi connectivity index (χ2v) is 9.66. The highest BCUT2D eigenvalue weighted by atomic mass is 19.4. The molecule has 3 aromatic carbocycles. The van der Waals surface area contributed by atoms with Crippen molar-refractivity contribution in [3.8, 4) is 17.0 Å². The molecule has 3 N–H and O–H groups in total. The number of alkyl halides is 3. The highest BCUT2D eigenvalue weighted by Crippen LogP contribution is 2.36. The summed E-state index contributed by atoms with van der Waals surface area (Å²) in [5.74, 6) is -0.484. The van der Waals surface area contributed by atoms with Gasteiger partial charge in [0.1, 0.15) is 17.0 Å². The minimum absolute atomic E-state index is 0.0875. The molecule has 5 aromatic rings. The predicted octanol–water partition coefficient (Wildman–Crippen LogP) is 4.45. The van der Waals surface area contributed by atoms with Gasteiger partial charge in [-0.3, -0.25) is 14.3 Å². The van der Waals surface area contributed by atoms with E-state index in [0.717, 1.165) is 11.1 Å². The quantitative estimate of drug-likeness (QED) is 0.317. The van der Waals surface area contributed by atoms with Crippen molar-refractivity contribution in [2.75, 3.05) is 17.2 Å². The van der Waals surface area contributed by atoms with Gasteiger partial charge in [-0.25, -0.2) is 5.10 Å². The van der Waals surface area contributed by atoms with Gasteiger partial charge in [0.25, 0.3) is 5.56 Å². The van der Waals surface area contributed by atoms with E-state index in [9.17, 15) is 22.8 Å². The molecule has 0 fully saturated rings. The van der Waals surface area contributed by atoms with Gasteiger partial charge in [-0.1, -0.05) is 48.5 Å². The van der Waals surface area contributed by atoms with Crippen LogP contribution in [-0.4, -0.2) is 38.8 Å². The first-order valence-electron chi connectivity index (χ1n) is 12.7. The molecule has 0 unspecified atom stereocenters. The molecule has 2 aromatic heterocycles. The second-order valence-electron chi connectivity index (χ2n) is 9.66. The number of amides is 1. The largest absolute Gasteiger partial charge is 0.573 e. The molecule has 1 aliphatic heterocycles. The summed E-state index contributed by atoms with van der Waals surface area (Å²) in [4.78, 5) is 27.6. The summed E-state index contributed by atoms with van der Waals surface area (Å²) in [5.41, 5.74) is 10.3. The highest BCUT2D eigenvalue weighted by molar-refractivity contribution is 6.01. The average molecular weight is 561 g/mol. The molecule has 6 rings (SSSR count). The van der Waals surface area contributed by atoms with Crippen LogP contribution < -0.4 is 20.9 Å². The van der Waals surface area contributed by atoms with E-state index in [2.05, 4.69) is 14.9 Å². The molecule has 9 nitrogen and oxygen atoms in total. The van der Waals surface area contributed by atoms with Crippen molar-refractivity contribution in [2.45, 2.75) is 25.7 Å². The van der Waals surface area contributed by atoms with Crippen LogP contribution in [0.1, 0.15) is 16.7 Å². The number of halogens is 3. The minimum atomic E-state index is -4.81. The SMILES string of the molecule is Nc1n[nH]c(=O)c2c1c(-c1ccc3c(c1)CCN3C(=O)Cc1cccc(OC(F)(F)F)c1)nn2Cc1ccccc1. The normalized spacial score (nSPS) is 13.0. The van der Waals surface area contributed by atoms with Gasteiger partial charge in [0.15, 0.2) is 5.82 Å². The summed E-state index contributed by atoms with van der Waals surface area (Å²) in [6, 6.07) is 20.5. The maximum atomic E-state index is 13.1. The summed E-state index contributed by atoms with van der Waals surface area (Å²) in [5, 5.41) is 11.6. The number of H-pyrrole nitrogens is 1. The van der Waals surface area contributed by atoms with Crippen molar-refractivity contribution in [1.82, 2.24) is 20.0 Å². The number of nitrogens with one attached hydrogen (secondary N) is 1. The number of benzene rings is 3. The molecular formula is C29H23F3N6O3. The number of carbonyl (C=O) groups excluding carboxylic acids is 1. The van der Waals surface area contributed by atoms with Crippen molar-refractivity contribution in [1.29, 1.82) is 0 Å². The van der Waals surface area contributed by atoms with Gasteiger partial charge in [0.2, 0.25) is 5.91 Å². The number of rotatable bonds is 6. The zero-order valence-electron chi connectivity index (χ0n) is 21.5. The van der Waals surface area contributed by atoms with Crippen LogP contribution in [0.5, 0.6) is 5.75 Å². The van der Waals surface area contributed by atoms with E-state index < -0.39 is 11.9 Å². The van der Waals surface area contributed by atoms with Gasteiger partial charge in [-0.05, 0) is 47.4 Å². The Morgan fingerprint density at radius 2 is 1.80 bits per heavy atom. The van der Waals surface area contributed by atoms with Crippen LogP contribution in [-0.2, 0) is 24.2 Å². The van der Waals surface area contributed by atoms with Crippen LogP contribution in [0.3, 0.4) is 0 Å². The number of nitrogens with zero attached hydrogens (tertiary/aromatic N) is 4. The number of aromatic nitrogens is 4. The van der Waals surface area contributed by atoms with Gasteiger partial charge < -0.3 is 15.4 Å². The first-order chi connectivity index (χ1) is 19.7. The number of nitrogen functional groups attached to an aromatic ring is 1. The van der Waals surface area contributed by atoms with Crippen LogP contribution in [0.4, 0.5) is 24.7 Å². The number of carbonyl (C=O) groups is 1. The van der Waals surface area contributed by atoms with Gasteiger partial charge in [0.05, 0.1) is 18.4 Å². The summed E-state index contributed by atoms with van der Waals surface area (Å²) in [7, 11) is 0. The van der Waals surface area contributed by atoms with E-state index in [4.69, 9.17) is 10.8 Å². The fourth-order valence-corrected chi connectivity index (χ4v) is 5.16. The van der Waals surface area contributed by atoms with Crippen LogP contribution in [0, 0.1) is 0 Å². The molecule has 0 spiro atoms. The minimum Gasteiger partial charge on any atom is -0.406 e. The number of aromatic amines is 1. The number of hydrogen-bond acceptors (Lipinski definition) is 6. The van der Waals surface area contributed by atoms with Crippen molar-refractivity contribution >= 4 is 28.3 Å². The van der Waals surface area contributed by atoms with Gasteiger partial charge in [0, 0.05) is 17.8 Å². The van der Waals surface area contributed by atoms with Crippen LogP contribution in [0.15, 0.2) is 77.6 Å². The van der Waals surface area contributed by atoms with Crippen molar-refractivity contribution in [3.63, 3.8) is 0 Å². The molecule has 0 aliphatic carbocycles. The van der Waals surface area contributed by atoms with Gasteiger partial charge >= 0.3 is 6.36 Å². The smallest absolute Gasteiger partial charge is 0.406 e. The summed E-state index contributed by atoms with van der Waals surface area (Å²) < 4.78 is 43.4. The van der Waals surface area contributed by atoms with E-state index in [1.54, 1.807) is 27.8 Å². The second kappa shape index (κ2) is 10.1. The summed E-state index contributed by atoms with van der Waals surface area (Å²) in [6.07, 6.45) is -4.33. The Kier molecular flexibility index (Phi) is 6.45. The zero-order chi connectivity index (χ0) is 28.7. The number of fused-ring (bicyclic) bond motifs is 2. The molecular weight excluding hydrogens is 537 g/mol. The lowest BCUT2D eigenvalue weighted by molar-refractivity contribution is -0.274. The predicted molar refractivity (Wildman–Crippen MR) is 146 cm³/mol. The van der Waals surface area contributed by atoms with E-state index in [1.807, 2.05) is 36.4 Å². The fraction of sp³-hybridized carbons (Fsp3) is 0.172. The van der Waals surface area contributed by atoms with Crippen molar-refractivity contribution in [2.24, 2.45) is 0 Å². The molecule has 208 valence electrons. The van der Waals surface area contributed by atoms with E-state index in [0.29, 0.717) is 52.9 Å². The molecule has 0 radical (unpaired) electrons. The number of ether oxygens (including phenoxy) is 1. The number of nitrogens with two attached hydrogens (primary N) is 1. The zero-order valence-corrected chi connectivity index (χ0v) is 21.5. The third-order valence-corrected chi connectivity index (χ3v) is 6.91. The van der Waals surface area contributed by atoms with Crippen LogP contribution in [0.25, 0.3) is 22.2 Å². The lowest BCUT2D eigenvalue weighted by Crippen LogP contribution is -2.30. The number of anilines is 2. The Morgan fingerprint density at radius 3 is 2.59 bits per heavy atom. The maximum absolute atomic E-state index is 13.1. The fourth-order valence-electron chi connectivity index (χ4n) is 5.16. The number of hydrogen-bond donors (Lipinski definition) is 2. The standard InChI is InChI=1S/C29H23F3N6O3/c30-29(31,32)41-21-8-4-7-18(13-21)14-23(39)37-12-11-19-15-20(9-10-22(19)37)25-24-26(28(40)35-34-27(24)33)38(36-25)16-17-5-2-1-3-6-17/h1-10,13,15H,11-12,14,16H2,(H2,33,34)(H,35,40). The molecule has 0 saturated heterocycles. The van der Waals surface area contributed by atoms with Crippen molar-refractivity contribution < 1.29 is 22.7 Å². The van der Waals surface area contributed by atoms with Crippen molar-refractivity contribution in [3.05, 3.63) is 99.8 Å². The monoisotopic (exact) mass is 560 g/mol. The summed E-state index contributed by atoms with van der Waals surface area (Å²) in [6.45, 7) is 0.773. The molecule has 0 bridgehead atoms. The molecule has 0 atom stereocenters. The highest BCUT2D eigenvalue weighted by Gasteiger charge is 2.31. The maximum Gasteiger partial charge on any atom is 0.573 e. The topological polar surface area (TPSA) is 119 Å². The third kappa shape index (κ3) is 5.23. The molecule has 3 heterocycles. The van der Waals surface area contributed by atoms with Crippen LogP contribution in [0.2, 0.25) is 0 Å². The molecule has 1 aliphatic rings. The Hall–Kier alpha value is -5.13. The van der Waals surface area contributed by atoms with E-state index in [-0.39, 0.29) is 23.9 Å². The first kappa shape index (κ1) is 26.1. The Balaban J connectivity index is 1.30. The first-order valence-corrected chi connectivity index (χ1v) is 12.7. The molecule has 1 amide bonds.